The molecule has 5 nitrogen and oxygen atoms in total. The highest BCUT2D eigenvalue weighted by atomic mass is 32.2. The van der Waals surface area contributed by atoms with Crippen molar-refractivity contribution in [1.29, 1.82) is 0 Å². The lowest BCUT2D eigenvalue weighted by molar-refractivity contribution is -0.141. The fourth-order valence-corrected chi connectivity index (χ4v) is 2.53. The number of anilines is 1. The molecule has 9 heteroatoms. The first-order valence-electron chi connectivity index (χ1n) is 5.74. The van der Waals surface area contributed by atoms with Gasteiger partial charge in [-0.2, -0.15) is 18.2 Å². The summed E-state index contributed by atoms with van der Waals surface area (Å²) in [5, 5.41) is -0.0635. The molecule has 1 unspecified atom stereocenters. The fourth-order valence-electron chi connectivity index (χ4n) is 1.83. The van der Waals surface area contributed by atoms with E-state index in [1.807, 2.05) is 0 Å². The summed E-state index contributed by atoms with van der Waals surface area (Å²) in [6.07, 6.45) is -3.95. The van der Waals surface area contributed by atoms with Crippen LogP contribution in [-0.4, -0.2) is 28.3 Å². The van der Waals surface area contributed by atoms with Gasteiger partial charge < -0.3 is 4.42 Å². The van der Waals surface area contributed by atoms with Gasteiger partial charge in [0.15, 0.2) is 10.8 Å². The zero-order valence-corrected chi connectivity index (χ0v) is 11.3. The first kappa shape index (κ1) is 14.9. The van der Waals surface area contributed by atoms with Crippen LogP contribution in [0.2, 0.25) is 0 Å². The highest BCUT2D eigenvalue weighted by Crippen LogP contribution is 2.32. The van der Waals surface area contributed by atoms with Crippen molar-refractivity contribution in [2.45, 2.75) is 19.5 Å². The van der Waals surface area contributed by atoms with Crippen molar-refractivity contribution < 1.29 is 27.2 Å². The summed E-state index contributed by atoms with van der Waals surface area (Å²) in [4.78, 5) is 27.0. The Bertz CT molecular complexity index is 529. The minimum Gasteiger partial charge on any atom is -0.431 e. The van der Waals surface area contributed by atoms with Gasteiger partial charge in [-0.1, -0.05) is 11.8 Å². The lowest BCUT2D eigenvalue weighted by atomic mass is 10.1. The maximum Gasteiger partial charge on any atom is 0.436 e. The average molecular weight is 308 g/mol. The van der Waals surface area contributed by atoms with Gasteiger partial charge in [0.25, 0.3) is 0 Å². The molecule has 1 atom stereocenters. The minimum absolute atomic E-state index is 0.0635. The molecule has 0 bridgehead atoms. The number of hydrogen-bond acceptors (Lipinski definition) is 5. The van der Waals surface area contributed by atoms with Crippen molar-refractivity contribution in [3.8, 4) is 0 Å². The molecule has 2 heterocycles. The van der Waals surface area contributed by atoms with E-state index < -0.39 is 11.9 Å². The molecule has 0 aliphatic carbocycles. The Kier molecular flexibility index (Phi) is 4.07. The molecule has 1 aromatic heterocycles. The predicted molar refractivity (Wildman–Crippen MR) is 65.1 cm³/mol. The Balaban J connectivity index is 2.04. The summed E-state index contributed by atoms with van der Waals surface area (Å²) in [6.45, 7) is 1.62. The zero-order chi connectivity index (χ0) is 14.9. The number of oxazole rings is 1. The van der Waals surface area contributed by atoms with E-state index >= 15 is 0 Å². The Morgan fingerprint density at radius 2 is 2.30 bits per heavy atom. The van der Waals surface area contributed by atoms with Crippen LogP contribution in [0.4, 0.5) is 19.2 Å². The summed E-state index contributed by atoms with van der Waals surface area (Å²) in [5.74, 6) is -0.00270. The maximum absolute atomic E-state index is 12.4. The number of halogens is 3. The Morgan fingerprint density at radius 3 is 2.85 bits per heavy atom. The van der Waals surface area contributed by atoms with E-state index in [4.69, 9.17) is 4.42 Å². The predicted octanol–water partition coefficient (Wildman–Crippen LogP) is 2.33. The number of carbonyl (C=O) groups excluding carboxylic acids is 2. The quantitative estimate of drug-likeness (QED) is 0.857. The highest BCUT2D eigenvalue weighted by Gasteiger charge is 2.38. The van der Waals surface area contributed by atoms with Crippen LogP contribution in [0.3, 0.4) is 0 Å². The third kappa shape index (κ3) is 3.33. The van der Waals surface area contributed by atoms with Gasteiger partial charge in [-0.3, -0.25) is 14.5 Å². The van der Waals surface area contributed by atoms with Crippen molar-refractivity contribution in [3.05, 3.63) is 12.0 Å². The second-order valence-electron chi connectivity index (χ2n) is 4.39. The van der Waals surface area contributed by atoms with Crippen molar-refractivity contribution >= 4 is 28.8 Å². The molecular formula is C11H11F3N2O3S. The largest absolute Gasteiger partial charge is 0.436 e. The van der Waals surface area contributed by atoms with Crippen LogP contribution in [0.1, 0.15) is 19.0 Å². The number of carbonyl (C=O) groups is 2. The zero-order valence-electron chi connectivity index (χ0n) is 10.4. The summed E-state index contributed by atoms with van der Waals surface area (Å²) < 4.78 is 41.9. The molecule has 1 aliphatic heterocycles. The van der Waals surface area contributed by atoms with E-state index in [2.05, 4.69) is 4.98 Å². The molecule has 1 fully saturated rings. The molecule has 0 spiro atoms. The summed E-state index contributed by atoms with van der Waals surface area (Å²) >= 11 is 1.09. The number of alkyl halides is 3. The Labute approximate surface area is 116 Å². The van der Waals surface area contributed by atoms with Gasteiger partial charge in [-0.05, 0) is 5.92 Å². The van der Waals surface area contributed by atoms with Crippen LogP contribution >= 0.6 is 11.8 Å². The van der Waals surface area contributed by atoms with Crippen molar-refractivity contribution in [3.63, 3.8) is 0 Å². The molecule has 1 aromatic rings. The first-order valence-corrected chi connectivity index (χ1v) is 6.72. The molecule has 0 aromatic carbocycles. The SMILES string of the molecule is CC(=O)SCC1CC(=O)N(c2nc(C(F)(F)F)co2)C1. The highest BCUT2D eigenvalue weighted by molar-refractivity contribution is 8.13. The summed E-state index contributed by atoms with van der Waals surface area (Å²) in [7, 11) is 0. The topological polar surface area (TPSA) is 63.4 Å². The summed E-state index contributed by atoms with van der Waals surface area (Å²) in [5.41, 5.74) is -1.16. The smallest absolute Gasteiger partial charge is 0.431 e. The standard InChI is InChI=1S/C11H11F3N2O3S/c1-6(17)20-5-7-2-9(18)16(3-7)10-15-8(4-19-10)11(12,13)14/h4,7H,2-3,5H2,1H3. The normalized spacial score (nSPS) is 19.7. The van der Waals surface area contributed by atoms with Crippen molar-refractivity contribution in [1.82, 2.24) is 4.98 Å². The van der Waals surface area contributed by atoms with E-state index in [0.29, 0.717) is 12.0 Å². The number of aromatic nitrogens is 1. The van der Waals surface area contributed by atoms with Crippen LogP contribution in [0.25, 0.3) is 0 Å². The molecular weight excluding hydrogens is 297 g/mol. The monoisotopic (exact) mass is 308 g/mol. The molecule has 1 saturated heterocycles. The van der Waals surface area contributed by atoms with E-state index in [1.54, 1.807) is 0 Å². The van der Waals surface area contributed by atoms with E-state index in [1.165, 1.54) is 6.92 Å². The van der Waals surface area contributed by atoms with Gasteiger partial charge in [-0.25, -0.2) is 0 Å². The van der Waals surface area contributed by atoms with Gasteiger partial charge in [-0.15, -0.1) is 0 Å². The number of nitrogens with zero attached hydrogens (tertiary/aromatic N) is 2. The van der Waals surface area contributed by atoms with Gasteiger partial charge in [0, 0.05) is 25.6 Å². The molecule has 2 rings (SSSR count). The van der Waals surface area contributed by atoms with Gasteiger partial charge >= 0.3 is 12.2 Å². The number of hydrogen-bond donors (Lipinski definition) is 0. The number of rotatable bonds is 3. The van der Waals surface area contributed by atoms with Crippen LogP contribution in [0.15, 0.2) is 10.7 Å². The van der Waals surface area contributed by atoms with Crippen LogP contribution in [-0.2, 0) is 15.8 Å². The lowest BCUT2D eigenvalue weighted by Crippen LogP contribution is -2.25. The second-order valence-corrected chi connectivity index (χ2v) is 5.59. The van der Waals surface area contributed by atoms with E-state index in [0.717, 1.165) is 16.7 Å². The second kappa shape index (κ2) is 5.47. The van der Waals surface area contributed by atoms with Gasteiger partial charge in [0.2, 0.25) is 5.91 Å². The molecule has 20 heavy (non-hydrogen) atoms. The fraction of sp³-hybridized carbons (Fsp3) is 0.545. The van der Waals surface area contributed by atoms with Crippen molar-refractivity contribution in [2.75, 3.05) is 17.2 Å². The number of amides is 1. The molecule has 0 saturated carbocycles. The Hall–Kier alpha value is -1.51. The third-order valence-corrected chi connectivity index (χ3v) is 3.79. The molecule has 110 valence electrons. The first-order chi connectivity index (χ1) is 9.27. The molecule has 1 amide bonds. The molecule has 0 radical (unpaired) electrons. The van der Waals surface area contributed by atoms with Crippen LogP contribution in [0, 0.1) is 5.92 Å². The van der Waals surface area contributed by atoms with E-state index in [9.17, 15) is 22.8 Å². The van der Waals surface area contributed by atoms with E-state index in [-0.39, 0.29) is 35.9 Å². The Morgan fingerprint density at radius 1 is 1.60 bits per heavy atom. The third-order valence-electron chi connectivity index (χ3n) is 2.74. The van der Waals surface area contributed by atoms with Gasteiger partial charge in [0.1, 0.15) is 6.26 Å². The average Bonchev–Trinajstić information content (AvgIpc) is 2.91. The van der Waals surface area contributed by atoms with Crippen LogP contribution in [0.5, 0.6) is 0 Å². The van der Waals surface area contributed by atoms with Gasteiger partial charge in [0.05, 0.1) is 0 Å². The molecule has 1 aliphatic rings. The minimum atomic E-state index is -4.60. The maximum atomic E-state index is 12.4. The molecule has 0 N–H and O–H groups in total. The lowest BCUT2D eigenvalue weighted by Gasteiger charge is -2.11. The summed E-state index contributed by atoms with van der Waals surface area (Å²) in [6, 6.07) is -0.349. The van der Waals surface area contributed by atoms with Crippen LogP contribution < -0.4 is 4.90 Å². The van der Waals surface area contributed by atoms with Crippen molar-refractivity contribution in [2.24, 2.45) is 5.92 Å². The number of thioether (sulfide) groups is 1.